The number of carbonyl (C=O) groups is 2. The van der Waals surface area contributed by atoms with Crippen LogP contribution in [0.3, 0.4) is 0 Å². The van der Waals surface area contributed by atoms with Crippen molar-refractivity contribution in [1.29, 1.82) is 0 Å². The van der Waals surface area contributed by atoms with E-state index in [9.17, 15) is 9.59 Å². The van der Waals surface area contributed by atoms with Gasteiger partial charge in [0.15, 0.2) is 6.79 Å². The van der Waals surface area contributed by atoms with Crippen molar-refractivity contribution in [3.8, 4) is 5.75 Å². The fraction of sp³-hybridized carbons (Fsp3) is 0.471. The Hall–Kier alpha value is -2.41. The average molecular weight is 334 g/mol. The third-order valence-electron chi connectivity index (χ3n) is 3.57. The van der Waals surface area contributed by atoms with Crippen LogP contribution in [0.1, 0.15) is 41.4 Å². The van der Waals surface area contributed by atoms with E-state index in [-0.39, 0.29) is 12.6 Å². The van der Waals surface area contributed by atoms with Crippen molar-refractivity contribution in [3.05, 3.63) is 29.1 Å². The summed E-state index contributed by atoms with van der Waals surface area (Å²) in [6, 6.07) is 1.82. The smallest absolute Gasteiger partial charge is 0.342 e. The normalized spacial score (nSPS) is 10.8. The molecule has 0 N–H and O–H groups in total. The summed E-state index contributed by atoms with van der Waals surface area (Å²) >= 11 is 0. The first-order valence-corrected chi connectivity index (χ1v) is 7.69. The minimum Gasteiger partial charge on any atom is -0.465 e. The van der Waals surface area contributed by atoms with Gasteiger partial charge in [0.1, 0.15) is 22.6 Å². The van der Waals surface area contributed by atoms with E-state index < -0.39 is 5.97 Å². The third-order valence-corrected chi connectivity index (χ3v) is 3.57. The zero-order chi connectivity index (χ0) is 17.7. The molecule has 0 spiro atoms. The van der Waals surface area contributed by atoms with Gasteiger partial charge in [-0.05, 0) is 38.3 Å². The van der Waals surface area contributed by atoms with Gasteiger partial charge in [-0.25, -0.2) is 9.31 Å². The number of hydrogen-bond donors (Lipinski definition) is 0. The lowest BCUT2D eigenvalue weighted by Gasteiger charge is -2.09. The van der Waals surface area contributed by atoms with Crippen molar-refractivity contribution in [2.24, 2.45) is 0 Å². The molecule has 2 aromatic rings. The second-order valence-electron chi connectivity index (χ2n) is 5.59. The van der Waals surface area contributed by atoms with E-state index >= 15 is 0 Å². The Kier molecular flexibility index (Phi) is 5.92. The van der Waals surface area contributed by atoms with E-state index in [1.54, 1.807) is 11.4 Å². The molecule has 0 aliphatic heterocycles. The number of pyridine rings is 1. The molecule has 0 saturated heterocycles. The fourth-order valence-electron chi connectivity index (χ4n) is 2.54. The maximum atomic E-state index is 12.3. The molecule has 0 aromatic carbocycles. The van der Waals surface area contributed by atoms with Crippen LogP contribution in [-0.2, 0) is 20.7 Å². The summed E-state index contributed by atoms with van der Waals surface area (Å²) in [5, 5.41) is 4.49. The number of aromatic nitrogens is 2. The van der Waals surface area contributed by atoms with Crippen molar-refractivity contribution in [1.82, 2.24) is 9.61 Å². The van der Waals surface area contributed by atoms with Crippen LogP contribution in [0.25, 0.3) is 5.52 Å². The van der Waals surface area contributed by atoms with Gasteiger partial charge in [0.2, 0.25) is 0 Å². The van der Waals surface area contributed by atoms with Crippen LogP contribution in [-0.4, -0.2) is 42.4 Å². The molecular formula is C17H22N2O5. The van der Waals surface area contributed by atoms with Crippen LogP contribution in [0.4, 0.5) is 0 Å². The summed E-state index contributed by atoms with van der Waals surface area (Å²) in [6.07, 6.45) is 3.39. The molecule has 7 heteroatoms. The monoisotopic (exact) mass is 334 g/mol. The van der Waals surface area contributed by atoms with E-state index in [0.717, 1.165) is 5.56 Å². The number of carbonyl (C=O) groups excluding carboxylic acids is 2. The van der Waals surface area contributed by atoms with Gasteiger partial charge in [-0.1, -0.05) is 0 Å². The molecule has 0 saturated carbocycles. The quantitative estimate of drug-likeness (QED) is 0.544. The van der Waals surface area contributed by atoms with Crippen LogP contribution in [0.2, 0.25) is 0 Å². The molecule has 2 rings (SSSR count). The van der Waals surface area contributed by atoms with E-state index in [0.29, 0.717) is 41.8 Å². The number of hydrogen-bond acceptors (Lipinski definition) is 6. The Morgan fingerprint density at radius 2 is 2.04 bits per heavy atom. The summed E-state index contributed by atoms with van der Waals surface area (Å²) in [7, 11) is 2.85. The standard InChI is InChI=1S/C17H22N2O5/c1-11-8-14(24-10-22-3)16-15(17(21)23-4)13(18-19(16)9-11)7-5-6-12(2)20/h8-9H,5-7,10H2,1-4H3. The average Bonchev–Trinajstić information content (AvgIpc) is 2.89. The van der Waals surface area contributed by atoms with Gasteiger partial charge in [0.25, 0.3) is 0 Å². The number of Topliss-reactive ketones (excluding diaryl/α,β-unsaturated/α-hetero) is 1. The van der Waals surface area contributed by atoms with E-state index in [1.807, 2.05) is 19.2 Å². The molecule has 0 fully saturated rings. The predicted molar refractivity (Wildman–Crippen MR) is 87.4 cm³/mol. The number of ketones is 1. The van der Waals surface area contributed by atoms with Gasteiger partial charge in [-0.15, -0.1) is 0 Å². The fourth-order valence-corrected chi connectivity index (χ4v) is 2.54. The van der Waals surface area contributed by atoms with E-state index in [2.05, 4.69) is 5.10 Å². The number of fused-ring (bicyclic) bond motifs is 1. The molecule has 2 aromatic heterocycles. The Bertz CT molecular complexity index is 751. The number of esters is 1. The zero-order valence-corrected chi connectivity index (χ0v) is 14.4. The first kappa shape index (κ1) is 17.9. The Labute approximate surface area is 140 Å². The van der Waals surface area contributed by atoms with Gasteiger partial charge >= 0.3 is 5.97 Å². The minimum absolute atomic E-state index is 0.0601. The Morgan fingerprint density at radius 1 is 1.29 bits per heavy atom. The number of methoxy groups -OCH3 is 2. The number of aryl methyl sites for hydroxylation is 2. The molecule has 24 heavy (non-hydrogen) atoms. The summed E-state index contributed by atoms with van der Waals surface area (Å²) in [5.74, 6) is 0.134. The lowest BCUT2D eigenvalue weighted by molar-refractivity contribution is -0.117. The molecule has 0 radical (unpaired) electrons. The van der Waals surface area contributed by atoms with E-state index in [1.165, 1.54) is 14.2 Å². The van der Waals surface area contributed by atoms with Crippen molar-refractivity contribution < 1.29 is 23.8 Å². The highest BCUT2D eigenvalue weighted by molar-refractivity contribution is 6.00. The number of rotatable bonds is 8. The molecule has 0 unspecified atom stereocenters. The third kappa shape index (κ3) is 3.91. The molecular weight excluding hydrogens is 312 g/mol. The lowest BCUT2D eigenvalue weighted by Crippen LogP contribution is -2.07. The first-order chi connectivity index (χ1) is 11.5. The second kappa shape index (κ2) is 7.92. The molecule has 0 aliphatic carbocycles. The molecule has 2 heterocycles. The topological polar surface area (TPSA) is 79.1 Å². The SMILES string of the molecule is COCOc1cc(C)cn2nc(CCCC(C)=O)c(C(=O)OC)c12. The minimum atomic E-state index is -0.478. The highest BCUT2D eigenvalue weighted by atomic mass is 16.7. The Morgan fingerprint density at radius 3 is 2.67 bits per heavy atom. The summed E-state index contributed by atoms with van der Waals surface area (Å²) in [6.45, 7) is 3.52. The number of nitrogens with zero attached hydrogens (tertiary/aromatic N) is 2. The molecule has 7 nitrogen and oxygen atoms in total. The van der Waals surface area contributed by atoms with Crippen molar-refractivity contribution >= 4 is 17.3 Å². The number of ether oxygens (including phenoxy) is 3. The molecule has 0 bridgehead atoms. The van der Waals surface area contributed by atoms with Crippen molar-refractivity contribution in [3.63, 3.8) is 0 Å². The molecule has 0 aliphatic rings. The summed E-state index contributed by atoms with van der Waals surface area (Å²) in [4.78, 5) is 23.4. The van der Waals surface area contributed by atoms with Crippen LogP contribution in [0.5, 0.6) is 5.75 Å². The first-order valence-electron chi connectivity index (χ1n) is 7.69. The highest BCUT2D eigenvalue weighted by Gasteiger charge is 2.23. The Balaban J connectivity index is 2.52. The van der Waals surface area contributed by atoms with Crippen LogP contribution < -0.4 is 4.74 Å². The van der Waals surface area contributed by atoms with Gasteiger partial charge < -0.3 is 19.0 Å². The van der Waals surface area contributed by atoms with E-state index in [4.69, 9.17) is 14.2 Å². The maximum absolute atomic E-state index is 12.3. The van der Waals surface area contributed by atoms with Gasteiger partial charge in [0, 0.05) is 19.7 Å². The second-order valence-corrected chi connectivity index (χ2v) is 5.59. The van der Waals surface area contributed by atoms with Crippen molar-refractivity contribution in [2.45, 2.75) is 33.1 Å². The lowest BCUT2D eigenvalue weighted by atomic mass is 10.1. The van der Waals surface area contributed by atoms with Crippen molar-refractivity contribution in [2.75, 3.05) is 21.0 Å². The summed E-state index contributed by atoms with van der Waals surface area (Å²) < 4.78 is 17.1. The molecule has 0 amide bonds. The zero-order valence-electron chi connectivity index (χ0n) is 14.4. The largest absolute Gasteiger partial charge is 0.465 e. The highest BCUT2D eigenvalue weighted by Crippen LogP contribution is 2.29. The van der Waals surface area contributed by atoms with Crippen LogP contribution >= 0.6 is 0 Å². The maximum Gasteiger partial charge on any atom is 0.342 e. The summed E-state index contributed by atoms with van der Waals surface area (Å²) in [5.41, 5.74) is 2.44. The molecule has 0 atom stereocenters. The molecule has 130 valence electrons. The predicted octanol–water partition coefficient (Wildman–Crippen LogP) is 2.32. The van der Waals surface area contributed by atoms with Gasteiger partial charge in [-0.3, -0.25) is 0 Å². The van der Waals surface area contributed by atoms with Gasteiger partial charge in [-0.2, -0.15) is 5.10 Å². The van der Waals surface area contributed by atoms with Gasteiger partial charge in [0.05, 0.1) is 12.8 Å². The van der Waals surface area contributed by atoms with Crippen LogP contribution in [0, 0.1) is 6.92 Å². The van der Waals surface area contributed by atoms with Crippen LogP contribution in [0.15, 0.2) is 12.3 Å².